The largest absolute Gasteiger partial charge is 0.494 e. The van der Waals surface area contributed by atoms with Gasteiger partial charge in [-0.3, -0.25) is 4.79 Å². The number of carbonyl (C=O) groups is 1. The van der Waals surface area contributed by atoms with Crippen LogP contribution in [0.1, 0.15) is 32.3 Å². The molecule has 0 aliphatic heterocycles. The Morgan fingerprint density at radius 3 is 2.46 bits per heavy atom. The molecule has 150 valence electrons. The predicted octanol–water partition coefficient (Wildman–Crippen LogP) is 4.56. The van der Waals surface area contributed by atoms with Gasteiger partial charge in [0, 0.05) is 10.0 Å². The van der Waals surface area contributed by atoms with Crippen molar-refractivity contribution < 1.29 is 19.0 Å². The average molecular weight is 449 g/mol. The number of benzene rings is 2. The molecule has 2 aromatic rings. The highest BCUT2D eigenvalue weighted by molar-refractivity contribution is 9.10. The minimum absolute atomic E-state index is 0.135. The molecule has 0 saturated carbocycles. The Hall–Kier alpha value is -2.54. The third kappa shape index (κ3) is 7.60. The van der Waals surface area contributed by atoms with Gasteiger partial charge in [0.25, 0.3) is 5.91 Å². The number of amides is 1. The van der Waals surface area contributed by atoms with E-state index in [-0.39, 0.29) is 12.5 Å². The van der Waals surface area contributed by atoms with E-state index in [1.165, 1.54) is 6.21 Å². The number of carbonyl (C=O) groups excluding carboxylic acids is 1. The third-order valence-electron chi connectivity index (χ3n) is 3.62. The Morgan fingerprint density at radius 1 is 1.07 bits per heavy atom. The van der Waals surface area contributed by atoms with E-state index >= 15 is 0 Å². The van der Waals surface area contributed by atoms with Crippen LogP contribution in [-0.4, -0.2) is 31.9 Å². The molecule has 2 rings (SSSR count). The molecule has 0 spiro atoms. The van der Waals surface area contributed by atoms with Crippen molar-refractivity contribution in [3.05, 3.63) is 52.5 Å². The van der Waals surface area contributed by atoms with Gasteiger partial charge in [-0.15, -0.1) is 0 Å². The molecule has 0 aromatic heterocycles. The number of nitrogens with one attached hydrogen (secondary N) is 1. The molecule has 0 unspecified atom stereocenters. The summed E-state index contributed by atoms with van der Waals surface area (Å²) >= 11 is 3.41. The van der Waals surface area contributed by atoms with Gasteiger partial charge in [0.15, 0.2) is 6.61 Å². The van der Waals surface area contributed by atoms with Crippen LogP contribution in [-0.2, 0) is 4.79 Å². The number of hydrogen-bond acceptors (Lipinski definition) is 5. The van der Waals surface area contributed by atoms with Crippen LogP contribution in [0.5, 0.6) is 17.2 Å². The van der Waals surface area contributed by atoms with E-state index in [4.69, 9.17) is 14.2 Å². The third-order valence-corrected chi connectivity index (χ3v) is 4.12. The Balaban J connectivity index is 1.80. The fourth-order valence-corrected chi connectivity index (χ4v) is 2.61. The van der Waals surface area contributed by atoms with Crippen LogP contribution in [0.3, 0.4) is 0 Å². The van der Waals surface area contributed by atoms with E-state index in [1.54, 1.807) is 12.1 Å². The maximum atomic E-state index is 11.9. The fraction of sp³-hybridized carbons (Fsp3) is 0.333. The van der Waals surface area contributed by atoms with Crippen LogP contribution in [0.25, 0.3) is 0 Å². The maximum absolute atomic E-state index is 11.9. The van der Waals surface area contributed by atoms with Crippen LogP contribution in [0.4, 0.5) is 0 Å². The zero-order chi connectivity index (χ0) is 20.2. The first-order valence-corrected chi connectivity index (χ1v) is 10.0. The summed E-state index contributed by atoms with van der Waals surface area (Å²) in [7, 11) is 0. The number of hydrogen-bond donors (Lipinski definition) is 1. The molecule has 0 aliphatic carbocycles. The van der Waals surface area contributed by atoms with Crippen molar-refractivity contribution in [2.75, 3.05) is 19.8 Å². The molecule has 1 N–H and O–H groups in total. The molecular formula is C21H25BrN2O4. The van der Waals surface area contributed by atoms with Gasteiger partial charge in [-0.1, -0.05) is 29.3 Å². The maximum Gasteiger partial charge on any atom is 0.277 e. The van der Waals surface area contributed by atoms with Gasteiger partial charge < -0.3 is 14.2 Å². The van der Waals surface area contributed by atoms with E-state index in [2.05, 4.69) is 33.4 Å². The SMILES string of the molecule is CCCCOc1ccc(OCC(=O)N/N=C/c2cc(Br)ccc2OCC)cc1. The summed E-state index contributed by atoms with van der Waals surface area (Å²) in [5, 5.41) is 3.97. The normalized spacial score (nSPS) is 10.7. The Labute approximate surface area is 174 Å². The zero-order valence-electron chi connectivity index (χ0n) is 16.1. The lowest BCUT2D eigenvalue weighted by atomic mass is 10.2. The molecule has 2 aromatic carbocycles. The van der Waals surface area contributed by atoms with Crippen molar-refractivity contribution in [2.45, 2.75) is 26.7 Å². The van der Waals surface area contributed by atoms with Crippen molar-refractivity contribution >= 4 is 28.1 Å². The topological polar surface area (TPSA) is 69.2 Å². The monoisotopic (exact) mass is 448 g/mol. The second kappa shape index (κ2) is 12.0. The quantitative estimate of drug-likeness (QED) is 0.310. The summed E-state index contributed by atoms with van der Waals surface area (Å²) < 4.78 is 17.5. The van der Waals surface area contributed by atoms with Crippen molar-refractivity contribution in [2.24, 2.45) is 5.10 Å². The second-order valence-electron chi connectivity index (χ2n) is 5.87. The van der Waals surface area contributed by atoms with Crippen molar-refractivity contribution in [3.63, 3.8) is 0 Å². The van der Waals surface area contributed by atoms with Gasteiger partial charge >= 0.3 is 0 Å². The van der Waals surface area contributed by atoms with Gasteiger partial charge in [0.1, 0.15) is 17.2 Å². The first-order valence-electron chi connectivity index (χ1n) is 9.22. The average Bonchev–Trinajstić information content (AvgIpc) is 2.70. The highest BCUT2D eigenvalue weighted by atomic mass is 79.9. The number of rotatable bonds is 11. The molecule has 0 saturated heterocycles. The van der Waals surface area contributed by atoms with Gasteiger partial charge in [-0.2, -0.15) is 5.10 Å². The van der Waals surface area contributed by atoms with Gasteiger partial charge in [0.2, 0.25) is 0 Å². The summed E-state index contributed by atoms with van der Waals surface area (Å²) in [5.41, 5.74) is 3.21. The summed E-state index contributed by atoms with van der Waals surface area (Å²) in [6, 6.07) is 12.8. The van der Waals surface area contributed by atoms with E-state index in [0.29, 0.717) is 24.7 Å². The number of nitrogens with zero attached hydrogens (tertiary/aromatic N) is 1. The minimum Gasteiger partial charge on any atom is -0.494 e. The smallest absolute Gasteiger partial charge is 0.277 e. The lowest BCUT2D eigenvalue weighted by Gasteiger charge is -2.08. The van der Waals surface area contributed by atoms with Crippen LogP contribution in [0.15, 0.2) is 52.0 Å². The molecule has 0 aliphatic rings. The molecule has 1 amide bonds. The summed E-state index contributed by atoms with van der Waals surface area (Å²) in [4.78, 5) is 11.9. The molecule has 0 heterocycles. The van der Waals surface area contributed by atoms with Crippen molar-refractivity contribution in [3.8, 4) is 17.2 Å². The second-order valence-corrected chi connectivity index (χ2v) is 6.79. The number of hydrazone groups is 1. The highest BCUT2D eigenvalue weighted by Gasteiger charge is 2.04. The van der Waals surface area contributed by atoms with Crippen LogP contribution in [0, 0.1) is 0 Å². The Kier molecular flexibility index (Phi) is 9.34. The van der Waals surface area contributed by atoms with E-state index < -0.39 is 0 Å². The van der Waals surface area contributed by atoms with Gasteiger partial charge in [-0.25, -0.2) is 5.43 Å². The van der Waals surface area contributed by atoms with Gasteiger partial charge in [0.05, 0.1) is 19.4 Å². The lowest BCUT2D eigenvalue weighted by molar-refractivity contribution is -0.123. The summed E-state index contributed by atoms with van der Waals surface area (Å²) in [6.45, 7) is 5.13. The molecule has 6 nitrogen and oxygen atoms in total. The minimum atomic E-state index is -0.354. The highest BCUT2D eigenvalue weighted by Crippen LogP contribution is 2.21. The predicted molar refractivity (Wildman–Crippen MR) is 113 cm³/mol. The fourth-order valence-electron chi connectivity index (χ4n) is 2.23. The standard InChI is InChI=1S/C21H25BrN2O4/c1-3-5-12-27-18-7-9-19(10-8-18)28-15-21(25)24-23-14-16-13-17(22)6-11-20(16)26-4-2/h6-11,13-14H,3-5,12,15H2,1-2H3,(H,24,25)/b23-14+. The molecule has 28 heavy (non-hydrogen) atoms. The molecule has 0 radical (unpaired) electrons. The molecule has 0 atom stereocenters. The van der Waals surface area contributed by atoms with E-state index in [1.807, 2.05) is 37.3 Å². The van der Waals surface area contributed by atoms with E-state index in [9.17, 15) is 4.79 Å². The first kappa shape index (κ1) is 21.8. The van der Waals surface area contributed by atoms with E-state index in [0.717, 1.165) is 28.6 Å². The van der Waals surface area contributed by atoms with Crippen LogP contribution < -0.4 is 19.6 Å². The molecular weight excluding hydrogens is 424 g/mol. The summed E-state index contributed by atoms with van der Waals surface area (Å²) in [6.07, 6.45) is 3.65. The van der Waals surface area contributed by atoms with Crippen LogP contribution in [0.2, 0.25) is 0 Å². The van der Waals surface area contributed by atoms with Crippen molar-refractivity contribution in [1.29, 1.82) is 0 Å². The summed E-state index contributed by atoms with van der Waals surface area (Å²) in [5.74, 6) is 1.72. The number of unbranched alkanes of at least 4 members (excludes halogenated alkanes) is 1. The Bertz CT molecular complexity index is 778. The number of halogens is 1. The number of ether oxygens (including phenoxy) is 3. The van der Waals surface area contributed by atoms with Crippen molar-refractivity contribution in [1.82, 2.24) is 5.43 Å². The van der Waals surface area contributed by atoms with Crippen LogP contribution >= 0.6 is 15.9 Å². The Morgan fingerprint density at radius 2 is 1.79 bits per heavy atom. The lowest BCUT2D eigenvalue weighted by Crippen LogP contribution is -2.24. The zero-order valence-corrected chi connectivity index (χ0v) is 17.7. The first-order chi connectivity index (χ1) is 13.6. The van der Waals surface area contributed by atoms with Gasteiger partial charge in [-0.05, 0) is 55.8 Å². The molecule has 0 fully saturated rings. The molecule has 7 heteroatoms. The molecule has 0 bridgehead atoms.